The number of hydrogen-bond donors (Lipinski definition) is 2. The van der Waals surface area contributed by atoms with Gasteiger partial charge in [-0.25, -0.2) is 0 Å². The van der Waals surface area contributed by atoms with Gasteiger partial charge in [-0.15, -0.1) is 0 Å². The quantitative estimate of drug-likeness (QED) is 0.610. The Labute approximate surface area is 134 Å². The lowest BCUT2D eigenvalue weighted by Crippen LogP contribution is -2.51. The van der Waals surface area contributed by atoms with Crippen molar-refractivity contribution in [2.24, 2.45) is 5.73 Å². The molecule has 0 radical (unpaired) electrons. The molecule has 0 aromatic carbocycles. The zero-order chi connectivity index (χ0) is 16.4. The molecule has 1 heterocycles. The van der Waals surface area contributed by atoms with Crippen LogP contribution in [0.1, 0.15) is 46.0 Å². The smallest absolute Gasteiger partial charge is 0.234 e. The van der Waals surface area contributed by atoms with Crippen LogP contribution in [0.3, 0.4) is 0 Å². The molecule has 128 valence electrons. The molecule has 1 saturated heterocycles. The molecule has 0 aromatic heterocycles. The van der Waals surface area contributed by atoms with Gasteiger partial charge in [-0.1, -0.05) is 12.8 Å². The van der Waals surface area contributed by atoms with Gasteiger partial charge < -0.3 is 16.0 Å². The average Bonchev–Trinajstić information content (AvgIpc) is 2.46. The summed E-state index contributed by atoms with van der Waals surface area (Å²) in [6.07, 6.45) is 4.83. The van der Waals surface area contributed by atoms with Crippen molar-refractivity contribution in [2.75, 3.05) is 39.3 Å². The Morgan fingerprint density at radius 1 is 1.05 bits per heavy atom. The monoisotopic (exact) mass is 312 g/mol. The number of nitrogens with two attached hydrogens (primary N) is 1. The predicted octanol–water partition coefficient (Wildman–Crippen LogP) is 0.564. The van der Waals surface area contributed by atoms with Crippen LogP contribution in [0.4, 0.5) is 0 Å². The lowest BCUT2D eigenvalue weighted by molar-refractivity contribution is -0.133. The molecule has 2 amide bonds. The van der Waals surface area contributed by atoms with Crippen LogP contribution in [0.5, 0.6) is 0 Å². The fourth-order valence-electron chi connectivity index (χ4n) is 2.66. The number of unbranched alkanes of at least 4 members (excludes halogenated alkanes) is 3. The average molecular weight is 312 g/mol. The molecule has 1 aliphatic rings. The number of hydrogen-bond acceptors (Lipinski definition) is 4. The summed E-state index contributed by atoms with van der Waals surface area (Å²) in [6, 6.07) is 0.176. The summed E-state index contributed by atoms with van der Waals surface area (Å²) >= 11 is 0. The Bertz CT molecular complexity index is 339. The molecule has 0 atom stereocenters. The highest BCUT2D eigenvalue weighted by Gasteiger charge is 2.22. The molecule has 22 heavy (non-hydrogen) atoms. The summed E-state index contributed by atoms with van der Waals surface area (Å²) < 4.78 is 0. The molecule has 0 aromatic rings. The van der Waals surface area contributed by atoms with E-state index >= 15 is 0 Å². The van der Waals surface area contributed by atoms with E-state index in [2.05, 4.69) is 10.2 Å². The molecule has 1 aliphatic heterocycles. The van der Waals surface area contributed by atoms with E-state index in [4.69, 9.17) is 5.73 Å². The van der Waals surface area contributed by atoms with Crippen molar-refractivity contribution in [1.82, 2.24) is 15.1 Å². The van der Waals surface area contributed by atoms with E-state index in [0.29, 0.717) is 13.0 Å². The first-order valence-electron chi connectivity index (χ1n) is 8.52. The first-order chi connectivity index (χ1) is 10.5. The van der Waals surface area contributed by atoms with Crippen molar-refractivity contribution in [3.05, 3.63) is 0 Å². The van der Waals surface area contributed by atoms with E-state index in [-0.39, 0.29) is 17.9 Å². The van der Waals surface area contributed by atoms with Crippen LogP contribution in [0, 0.1) is 0 Å². The Morgan fingerprint density at radius 3 is 2.27 bits per heavy atom. The Balaban J connectivity index is 2.16. The van der Waals surface area contributed by atoms with Crippen molar-refractivity contribution in [1.29, 1.82) is 0 Å². The zero-order valence-electron chi connectivity index (χ0n) is 14.1. The van der Waals surface area contributed by atoms with Gasteiger partial charge in [-0.05, 0) is 33.2 Å². The van der Waals surface area contributed by atoms with E-state index in [9.17, 15) is 9.59 Å². The number of carbonyl (C=O) groups excluding carboxylic acids is 2. The van der Waals surface area contributed by atoms with E-state index < -0.39 is 0 Å². The van der Waals surface area contributed by atoms with E-state index in [1.165, 1.54) is 0 Å². The van der Waals surface area contributed by atoms with Crippen molar-refractivity contribution in [3.8, 4) is 0 Å². The number of carbonyl (C=O) groups is 2. The molecule has 1 fully saturated rings. The summed E-state index contributed by atoms with van der Waals surface area (Å²) in [5.74, 6) is 0.314. The lowest BCUT2D eigenvalue weighted by atomic mass is 10.1. The first kappa shape index (κ1) is 18.9. The third kappa shape index (κ3) is 7.75. The van der Waals surface area contributed by atoms with Crippen molar-refractivity contribution in [2.45, 2.75) is 52.0 Å². The minimum Gasteiger partial charge on any atom is -0.353 e. The fourth-order valence-corrected chi connectivity index (χ4v) is 2.66. The molecule has 6 nitrogen and oxygen atoms in total. The topological polar surface area (TPSA) is 78.7 Å². The van der Waals surface area contributed by atoms with Crippen LogP contribution in [0.2, 0.25) is 0 Å². The maximum Gasteiger partial charge on any atom is 0.234 e. The van der Waals surface area contributed by atoms with Crippen LogP contribution < -0.4 is 11.1 Å². The highest BCUT2D eigenvalue weighted by Crippen LogP contribution is 2.08. The minimum atomic E-state index is 0.0645. The van der Waals surface area contributed by atoms with Crippen LogP contribution >= 0.6 is 0 Å². The summed E-state index contributed by atoms with van der Waals surface area (Å²) in [7, 11) is 0. The molecule has 0 bridgehead atoms. The second kappa shape index (κ2) is 10.6. The van der Waals surface area contributed by atoms with Crippen LogP contribution in [-0.2, 0) is 9.59 Å². The fraction of sp³-hybridized carbons (Fsp3) is 0.875. The van der Waals surface area contributed by atoms with Crippen LogP contribution in [0.25, 0.3) is 0 Å². The lowest BCUT2D eigenvalue weighted by Gasteiger charge is -2.34. The summed E-state index contributed by atoms with van der Waals surface area (Å²) in [6.45, 7) is 8.12. The van der Waals surface area contributed by atoms with E-state index in [0.717, 1.165) is 58.4 Å². The Morgan fingerprint density at radius 2 is 1.68 bits per heavy atom. The normalized spacial score (nSPS) is 16.1. The summed E-state index contributed by atoms with van der Waals surface area (Å²) in [5.41, 5.74) is 5.45. The summed E-state index contributed by atoms with van der Waals surface area (Å²) in [4.78, 5) is 27.9. The van der Waals surface area contributed by atoms with Gasteiger partial charge in [0.25, 0.3) is 0 Å². The molecule has 1 rings (SSSR count). The van der Waals surface area contributed by atoms with Gasteiger partial charge in [0.15, 0.2) is 0 Å². The third-order valence-electron chi connectivity index (χ3n) is 3.89. The highest BCUT2D eigenvalue weighted by molar-refractivity contribution is 5.78. The van der Waals surface area contributed by atoms with E-state index in [1.54, 1.807) is 0 Å². The molecule has 3 N–H and O–H groups in total. The maximum atomic E-state index is 12.1. The Hall–Kier alpha value is -1.14. The zero-order valence-corrected chi connectivity index (χ0v) is 14.1. The number of amides is 2. The molecular formula is C16H32N4O2. The predicted molar refractivity (Wildman–Crippen MR) is 88.4 cm³/mol. The largest absolute Gasteiger partial charge is 0.353 e. The first-order valence-corrected chi connectivity index (χ1v) is 8.52. The maximum absolute atomic E-state index is 12.1. The van der Waals surface area contributed by atoms with Gasteiger partial charge >= 0.3 is 0 Å². The molecular weight excluding hydrogens is 280 g/mol. The van der Waals surface area contributed by atoms with Gasteiger partial charge in [0, 0.05) is 38.6 Å². The van der Waals surface area contributed by atoms with Gasteiger partial charge in [0.05, 0.1) is 6.54 Å². The summed E-state index contributed by atoms with van der Waals surface area (Å²) in [5, 5.41) is 2.90. The number of nitrogens with one attached hydrogen (secondary N) is 1. The molecule has 0 unspecified atom stereocenters. The van der Waals surface area contributed by atoms with Gasteiger partial charge in [0.2, 0.25) is 11.8 Å². The van der Waals surface area contributed by atoms with Crippen molar-refractivity contribution >= 4 is 11.8 Å². The molecule has 6 heteroatoms. The number of nitrogens with zero attached hydrogens (tertiary/aromatic N) is 2. The Kier molecular flexibility index (Phi) is 9.08. The van der Waals surface area contributed by atoms with E-state index in [1.807, 2.05) is 18.7 Å². The third-order valence-corrected chi connectivity index (χ3v) is 3.89. The van der Waals surface area contributed by atoms with Gasteiger partial charge in [0.1, 0.15) is 0 Å². The van der Waals surface area contributed by atoms with Gasteiger partial charge in [-0.2, -0.15) is 0 Å². The number of rotatable bonds is 9. The van der Waals surface area contributed by atoms with Gasteiger partial charge in [-0.3, -0.25) is 14.5 Å². The number of piperazine rings is 1. The van der Waals surface area contributed by atoms with Crippen LogP contribution in [-0.4, -0.2) is 66.9 Å². The molecule has 0 saturated carbocycles. The second-order valence-electron chi connectivity index (χ2n) is 6.33. The minimum absolute atomic E-state index is 0.0645. The van der Waals surface area contributed by atoms with Crippen molar-refractivity contribution in [3.63, 3.8) is 0 Å². The highest BCUT2D eigenvalue weighted by atomic mass is 16.2. The van der Waals surface area contributed by atoms with Crippen molar-refractivity contribution < 1.29 is 9.59 Å². The van der Waals surface area contributed by atoms with Crippen LogP contribution in [0.15, 0.2) is 0 Å². The standard InChI is InChI=1S/C16H32N4O2/c1-14(2)18-15(21)13-19-9-11-20(12-10-19)16(22)7-5-3-4-6-8-17/h14H,3-13,17H2,1-2H3,(H,18,21). The second-order valence-corrected chi connectivity index (χ2v) is 6.33. The molecule has 0 aliphatic carbocycles. The molecule has 0 spiro atoms. The SMILES string of the molecule is CC(C)NC(=O)CN1CCN(C(=O)CCCCCCN)CC1.